The molecule has 6 heteroatoms. The van der Waals surface area contributed by atoms with E-state index in [2.05, 4.69) is 22.9 Å². The lowest BCUT2D eigenvalue weighted by molar-refractivity contribution is 0.0113. The van der Waals surface area contributed by atoms with Crippen LogP contribution >= 0.6 is 0 Å². The number of hydrogen-bond donors (Lipinski definition) is 1. The Kier molecular flexibility index (Phi) is 4.81. The summed E-state index contributed by atoms with van der Waals surface area (Å²) < 4.78 is 10.8. The van der Waals surface area contributed by atoms with Crippen LogP contribution < -0.4 is 14.4 Å². The number of hydrogen-bond acceptors (Lipinski definition) is 6. The summed E-state index contributed by atoms with van der Waals surface area (Å²) in [4.78, 5) is 11.2. The van der Waals surface area contributed by atoms with Crippen LogP contribution in [0.15, 0.2) is 42.7 Å². The number of nitrogens with zero attached hydrogens (tertiary/aromatic N) is 3. The largest absolute Gasteiger partial charge is 0.493 e. The highest BCUT2D eigenvalue weighted by Crippen LogP contribution is 2.36. The second-order valence-corrected chi connectivity index (χ2v) is 7.28. The topological polar surface area (TPSA) is 67.7 Å². The summed E-state index contributed by atoms with van der Waals surface area (Å²) in [7, 11) is 3.27. The number of pyridine rings is 2. The molecular formula is C22H25N3O3. The van der Waals surface area contributed by atoms with Crippen molar-refractivity contribution in [2.45, 2.75) is 25.4 Å². The average molecular weight is 379 g/mol. The summed E-state index contributed by atoms with van der Waals surface area (Å²) in [5, 5.41) is 12.1. The Labute approximate surface area is 164 Å². The number of benzene rings is 1. The van der Waals surface area contributed by atoms with Gasteiger partial charge in [0.1, 0.15) is 5.82 Å². The molecule has 28 heavy (non-hydrogen) atoms. The molecule has 0 radical (unpaired) electrons. The van der Waals surface area contributed by atoms with Crippen LogP contribution in [0.3, 0.4) is 0 Å². The number of aliphatic hydroxyl groups is 1. The van der Waals surface area contributed by atoms with Gasteiger partial charge < -0.3 is 19.5 Å². The van der Waals surface area contributed by atoms with E-state index < -0.39 is 5.60 Å². The van der Waals surface area contributed by atoms with Crippen LogP contribution in [0.25, 0.3) is 10.9 Å². The molecule has 1 N–H and O–H groups in total. The van der Waals surface area contributed by atoms with E-state index in [1.165, 1.54) is 0 Å². The fraction of sp³-hybridized carbons (Fsp3) is 0.364. The van der Waals surface area contributed by atoms with Gasteiger partial charge >= 0.3 is 0 Å². The van der Waals surface area contributed by atoms with Gasteiger partial charge in [0, 0.05) is 42.5 Å². The SMILES string of the molecule is COc1cc2nc(N3CCC(O)(c4cccnc4)CC3)cc(C)c2cc1OC. The van der Waals surface area contributed by atoms with E-state index in [0.29, 0.717) is 24.3 Å². The van der Waals surface area contributed by atoms with Crippen molar-refractivity contribution < 1.29 is 14.6 Å². The first-order valence-corrected chi connectivity index (χ1v) is 9.45. The third-order valence-corrected chi connectivity index (χ3v) is 5.62. The number of aromatic nitrogens is 2. The van der Waals surface area contributed by atoms with Crippen LogP contribution in [0, 0.1) is 6.92 Å². The Morgan fingerprint density at radius 1 is 1.07 bits per heavy atom. The Morgan fingerprint density at radius 3 is 2.43 bits per heavy atom. The average Bonchev–Trinajstić information content (AvgIpc) is 2.74. The molecule has 0 unspecified atom stereocenters. The molecule has 1 aliphatic heterocycles. The van der Waals surface area contributed by atoms with Crippen LogP contribution in [0.1, 0.15) is 24.0 Å². The Bertz CT molecular complexity index is 983. The van der Waals surface area contributed by atoms with E-state index in [0.717, 1.165) is 40.9 Å². The first-order valence-electron chi connectivity index (χ1n) is 9.45. The number of anilines is 1. The first kappa shape index (κ1) is 18.5. The van der Waals surface area contributed by atoms with Gasteiger partial charge in [0.05, 0.1) is 25.3 Å². The molecule has 1 aromatic carbocycles. The molecule has 4 rings (SSSR count). The lowest BCUT2D eigenvalue weighted by Gasteiger charge is -2.39. The Morgan fingerprint density at radius 2 is 1.79 bits per heavy atom. The van der Waals surface area contributed by atoms with Crippen LogP contribution in [0.5, 0.6) is 11.5 Å². The molecule has 0 spiro atoms. The highest BCUT2D eigenvalue weighted by atomic mass is 16.5. The summed E-state index contributed by atoms with van der Waals surface area (Å²) in [6.45, 7) is 3.54. The third kappa shape index (κ3) is 3.24. The minimum Gasteiger partial charge on any atom is -0.493 e. The lowest BCUT2D eigenvalue weighted by Crippen LogP contribution is -2.43. The van der Waals surface area contributed by atoms with Gasteiger partial charge in [0.15, 0.2) is 11.5 Å². The van der Waals surface area contributed by atoms with Crippen LogP contribution in [0.4, 0.5) is 5.82 Å². The third-order valence-electron chi connectivity index (χ3n) is 5.62. The summed E-state index contributed by atoms with van der Waals surface area (Å²) >= 11 is 0. The maximum absolute atomic E-state index is 11.0. The van der Waals surface area contributed by atoms with Gasteiger partial charge in [0.25, 0.3) is 0 Å². The first-order chi connectivity index (χ1) is 13.5. The van der Waals surface area contributed by atoms with Crippen molar-refractivity contribution in [2.24, 2.45) is 0 Å². The predicted molar refractivity (Wildman–Crippen MR) is 109 cm³/mol. The molecule has 2 aromatic heterocycles. The molecule has 3 heterocycles. The molecule has 0 bridgehead atoms. The molecule has 0 saturated carbocycles. The summed E-state index contributed by atoms with van der Waals surface area (Å²) in [6.07, 6.45) is 4.77. The minimum absolute atomic E-state index is 0.642. The van der Waals surface area contributed by atoms with E-state index in [-0.39, 0.29) is 0 Å². The standard InChI is InChI=1S/C22H25N3O3/c1-15-11-21(24-18-13-20(28-3)19(27-2)12-17(15)18)25-9-6-22(26,7-10-25)16-5-4-8-23-14-16/h4-5,8,11-14,26H,6-7,9-10H2,1-3H3. The maximum atomic E-state index is 11.0. The van der Waals surface area contributed by atoms with Gasteiger partial charge in [-0.15, -0.1) is 0 Å². The fourth-order valence-electron chi connectivity index (χ4n) is 3.90. The van der Waals surface area contributed by atoms with Gasteiger partial charge in [-0.25, -0.2) is 4.98 Å². The molecule has 6 nitrogen and oxygen atoms in total. The summed E-state index contributed by atoms with van der Waals surface area (Å²) in [5.41, 5.74) is 2.07. The molecular weight excluding hydrogens is 354 g/mol. The maximum Gasteiger partial charge on any atom is 0.162 e. The van der Waals surface area contributed by atoms with Crippen molar-refractivity contribution in [1.29, 1.82) is 0 Å². The van der Waals surface area contributed by atoms with Gasteiger partial charge in [-0.3, -0.25) is 4.98 Å². The molecule has 0 atom stereocenters. The van der Waals surface area contributed by atoms with E-state index in [1.54, 1.807) is 26.6 Å². The lowest BCUT2D eigenvalue weighted by atomic mass is 9.85. The molecule has 0 aliphatic carbocycles. The van der Waals surface area contributed by atoms with Crippen LogP contribution in [0.2, 0.25) is 0 Å². The normalized spacial score (nSPS) is 16.2. The van der Waals surface area contributed by atoms with Crippen molar-refractivity contribution in [1.82, 2.24) is 9.97 Å². The number of piperidine rings is 1. The van der Waals surface area contributed by atoms with Crippen molar-refractivity contribution in [2.75, 3.05) is 32.2 Å². The summed E-state index contributed by atoms with van der Waals surface area (Å²) in [6, 6.07) is 9.80. The van der Waals surface area contributed by atoms with Gasteiger partial charge in [-0.2, -0.15) is 0 Å². The highest BCUT2D eigenvalue weighted by Gasteiger charge is 2.34. The van der Waals surface area contributed by atoms with Gasteiger partial charge in [-0.1, -0.05) is 6.07 Å². The number of methoxy groups -OCH3 is 2. The van der Waals surface area contributed by atoms with E-state index >= 15 is 0 Å². The zero-order valence-corrected chi connectivity index (χ0v) is 16.5. The second-order valence-electron chi connectivity index (χ2n) is 7.28. The number of fused-ring (bicyclic) bond motifs is 1. The number of ether oxygens (including phenoxy) is 2. The van der Waals surface area contributed by atoms with Gasteiger partial charge in [-0.05, 0) is 43.5 Å². The molecule has 1 saturated heterocycles. The summed E-state index contributed by atoms with van der Waals surface area (Å²) in [5.74, 6) is 2.29. The van der Waals surface area contributed by atoms with Crippen molar-refractivity contribution >= 4 is 16.7 Å². The minimum atomic E-state index is -0.826. The van der Waals surface area contributed by atoms with Crippen LogP contribution in [-0.4, -0.2) is 42.4 Å². The Balaban J connectivity index is 1.62. The zero-order valence-electron chi connectivity index (χ0n) is 16.5. The van der Waals surface area contributed by atoms with E-state index in [4.69, 9.17) is 14.5 Å². The van der Waals surface area contributed by atoms with Crippen molar-refractivity contribution in [3.05, 3.63) is 53.9 Å². The predicted octanol–water partition coefficient (Wildman–Crippen LogP) is 3.44. The quantitative estimate of drug-likeness (QED) is 0.749. The smallest absolute Gasteiger partial charge is 0.162 e. The molecule has 146 valence electrons. The molecule has 0 amide bonds. The number of aryl methyl sites for hydroxylation is 1. The second kappa shape index (κ2) is 7.28. The van der Waals surface area contributed by atoms with E-state index in [1.807, 2.05) is 24.3 Å². The zero-order chi connectivity index (χ0) is 19.7. The molecule has 1 aliphatic rings. The van der Waals surface area contributed by atoms with Crippen LogP contribution in [-0.2, 0) is 5.60 Å². The monoisotopic (exact) mass is 379 g/mol. The number of rotatable bonds is 4. The Hall–Kier alpha value is -2.86. The van der Waals surface area contributed by atoms with Crippen molar-refractivity contribution in [3.8, 4) is 11.5 Å². The fourth-order valence-corrected chi connectivity index (χ4v) is 3.90. The van der Waals surface area contributed by atoms with E-state index in [9.17, 15) is 5.11 Å². The van der Waals surface area contributed by atoms with Gasteiger partial charge in [0.2, 0.25) is 0 Å². The molecule has 1 fully saturated rings. The van der Waals surface area contributed by atoms with Crippen molar-refractivity contribution in [3.63, 3.8) is 0 Å². The highest BCUT2D eigenvalue weighted by molar-refractivity contribution is 5.87. The molecule has 3 aromatic rings.